The third kappa shape index (κ3) is 6.55. The summed E-state index contributed by atoms with van der Waals surface area (Å²) in [5.41, 5.74) is 0. The zero-order valence-corrected chi connectivity index (χ0v) is 11.5. The number of nitrogens with one attached hydrogen (secondary N) is 1. The first kappa shape index (κ1) is 14.9. The Kier molecular flexibility index (Phi) is 7.34. The highest BCUT2D eigenvalue weighted by Gasteiger charge is 2.03. The first-order valence-electron chi connectivity index (χ1n) is 6.49. The van der Waals surface area contributed by atoms with Crippen molar-refractivity contribution in [3.05, 3.63) is 17.5 Å². The molecule has 4 nitrogen and oxygen atoms in total. The average molecular weight is 270 g/mol. The molecular weight excluding hydrogens is 250 g/mol. The first-order chi connectivity index (χ1) is 8.72. The molecule has 18 heavy (non-hydrogen) atoms. The van der Waals surface area contributed by atoms with Crippen molar-refractivity contribution < 1.29 is 4.79 Å². The zero-order valence-electron chi connectivity index (χ0n) is 10.8. The molecule has 0 aliphatic carbocycles. The number of hydrogen-bond donors (Lipinski definition) is 1. The number of aromatic nitrogens is 2. The lowest BCUT2D eigenvalue weighted by Gasteiger charge is -2.04. The number of unbranched alkanes of at least 4 members (excludes halogenated alkanes) is 5. The van der Waals surface area contributed by atoms with Gasteiger partial charge < -0.3 is 5.32 Å². The molecule has 0 atom stereocenters. The van der Waals surface area contributed by atoms with Crippen LogP contribution < -0.4 is 5.32 Å². The number of halogens is 1. The number of amides is 1. The Balaban J connectivity index is 2.12. The van der Waals surface area contributed by atoms with Crippen LogP contribution in [0.2, 0.25) is 5.15 Å². The van der Waals surface area contributed by atoms with Crippen LogP contribution in [0.5, 0.6) is 0 Å². The van der Waals surface area contributed by atoms with Crippen molar-refractivity contribution in [3.8, 4) is 0 Å². The standard InChI is InChI=1S/C13H20ClN3O/c1-2-3-4-5-6-7-8-13(18)17-12-10-15-11(14)9-16-12/h9-10H,2-8H2,1H3,(H,16,17,18). The molecule has 0 spiro atoms. The van der Waals surface area contributed by atoms with Crippen LogP contribution in [0.15, 0.2) is 12.4 Å². The van der Waals surface area contributed by atoms with Crippen molar-refractivity contribution in [2.75, 3.05) is 5.32 Å². The summed E-state index contributed by atoms with van der Waals surface area (Å²) in [6.07, 6.45) is 10.5. The molecule has 1 aromatic heterocycles. The van der Waals surface area contributed by atoms with E-state index in [2.05, 4.69) is 22.2 Å². The van der Waals surface area contributed by atoms with E-state index in [1.54, 1.807) is 0 Å². The molecule has 0 radical (unpaired) electrons. The van der Waals surface area contributed by atoms with Gasteiger partial charge in [-0.25, -0.2) is 9.97 Å². The highest BCUT2D eigenvalue weighted by atomic mass is 35.5. The van der Waals surface area contributed by atoms with Crippen molar-refractivity contribution in [3.63, 3.8) is 0 Å². The van der Waals surface area contributed by atoms with Gasteiger partial charge in [-0.2, -0.15) is 0 Å². The van der Waals surface area contributed by atoms with Gasteiger partial charge in [-0.05, 0) is 6.42 Å². The molecule has 1 heterocycles. The van der Waals surface area contributed by atoms with Gasteiger partial charge in [0.15, 0.2) is 5.82 Å². The Morgan fingerprint density at radius 1 is 1.17 bits per heavy atom. The number of carbonyl (C=O) groups is 1. The molecule has 0 saturated heterocycles. The van der Waals surface area contributed by atoms with Crippen LogP contribution in [0.25, 0.3) is 0 Å². The Morgan fingerprint density at radius 2 is 1.89 bits per heavy atom. The van der Waals surface area contributed by atoms with Crippen molar-refractivity contribution in [1.82, 2.24) is 9.97 Å². The van der Waals surface area contributed by atoms with Gasteiger partial charge in [0, 0.05) is 6.42 Å². The summed E-state index contributed by atoms with van der Waals surface area (Å²) in [7, 11) is 0. The molecule has 100 valence electrons. The van der Waals surface area contributed by atoms with E-state index in [-0.39, 0.29) is 5.91 Å². The van der Waals surface area contributed by atoms with Gasteiger partial charge in [0.05, 0.1) is 12.4 Å². The molecule has 0 aromatic carbocycles. The fourth-order valence-electron chi connectivity index (χ4n) is 1.65. The molecule has 0 unspecified atom stereocenters. The van der Waals surface area contributed by atoms with Crippen LogP contribution in [0.1, 0.15) is 51.9 Å². The van der Waals surface area contributed by atoms with Crippen LogP contribution in [-0.2, 0) is 4.79 Å². The summed E-state index contributed by atoms with van der Waals surface area (Å²) in [5.74, 6) is 0.442. The normalized spacial score (nSPS) is 10.3. The van der Waals surface area contributed by atoms with E-state index in [4.69, 9.17) is 11.6 Å². The van der Waals surface area contributed by atoms with E-state index in [1.807, 2.05) is 0 Å². The van der Waals surface area contributed by atoms with Crippen molar-refractivity contribution >= 4 is 23.3 Å². The molecule has 1 amide bonds. The molecule has 1 N–H and O–H groups in total. The van der Waals surface area contributed by atoms with Crippen LogP contribution in [0.3, 0.4) is 0 Å². The minimum Gasteiger partial charge on any atom is -0.309 e. The van der Waals surface area contributed by atoms with Crippen LogP contribution in [-0.4, -0.2) is 15.9 Å². The Hall–Kier alpha value is -1.16. The van der Waals surface area contributed by atoms with E-state index in [1.165, 1.54) is 38.1 Å². The highest BCUT2D eigenvalue weighted by Crippen LogP contribution is 2.09. The zero-order chi connectivity index (χ0) is 13.2. The Morgan fingerprint density at radius 3 is 2.56 bits per heavy atom. The lowest BCUT2D eigenvalue weighted by atomic mass is 10.1. The Bertz CT molecular complexity index is 354. The largest absolute Gasteiger partial charge is 0.309 e. The molecule has 0 aliphatic rings. The number of hydrogen-bond acceptors (Lipinski definition) is 3. The fourth-order valence-corrected chi connectivity index (χ4v) is 1.75. The van der Waals surface area contributed by atoms with Gasteiger partial charge in [0.1, 0.15) is 5.15 Å². The molecule has 1 aromatic rings. The summed E-state index contributed by atoms with van der Waals surface area (Å²) in [4.78, 5) is 19.4. The number of anilines is 1. The molecule has 1 rings (SSSR count). The first-order valence-corrected chi connectivity index (χ1v) is 6.87. The number of carbonyl (C=O) groups excluding carboxylic acids is 1. The molecule has 0 saturated carbocycles. The predicted octanol–water partition coefficient (Wildman–Crippen LogP) is 3.82. The molecule has 5 heteroatoms. The van der Waals surface area contributed by atoms with Gasteiger partial charge in [-0.15, -0.1) is 0 Å². The minimum atomic E-state index is -0.0119. The SMILES string of the molecule is CCCCCCCCC(=O)Nc1cnc(Cl)cn1. The molecule has 0 aliphatic heterocycles. The summed E-state index contributed by atoms with van der Waals surface area (Å²) >= 11 is 5.61. The van der Waals surface area contributed by atoms with Crippen LogP contribution >= 0.6 is 11.6 Å². The van der Waals surface area contributed by atoms with Gasteiger partial charge in [0.2, 0.25) is 5.91 Å². The fraction of sp³-hybridized carbons (Fsp3) is 0.615. The van der Waals surface area contributed by atoms with Crippen LogP contribution in [0.4, 0.5) is 5.82 Å². The maximum Gasteiger partial charge on any atom is 0.225 e. The second kappa shape index (κ2) is 8.86. The summed E-state index contributed by atoms with van der Waals surface area (Å²) in [6.45, 7) is 2.20. The summed E-state index contributed by atoms with van der Waals surface area (Å²) < 4.78 is 0. The maximum absolute atomic E-state index is 11.6. The van der Waals surface area contributed by atoms with E-state index in [0.29, 0.717) is 17.4 Å². The Labute approximate surface area is 113 Å². The lowest BCUT2D eigenvalue weighted by molar-refractivity contribution is -0.116. The minimum absolute atomic E-state index is 0.0119. The maximum atomic E-state index is 11.6. The molecule has 0 bridgehead atoms. The summed E-state index contributed by atoms with van der Waals surface area (Å²) in [5, 5.41) is 3.02. The van der Waals surface area contributed by atoms with Gasteiger partial charge >= 0.3 is 0 Å². The number of nitrogens with zero attached hydrogens (tertiary/aromatic N) is 2. The monoisotopic (exact) mass is 269 g/mol. The number of rotatable bonds is 8. The van der Waals surface area contributed by atoms with E-state index in [0.717, 1.165) is 12.8 Å². The quantitative estimate of drug-likeness (QED) is 0.730. The van der Waals surface area contributed by atoms with E-state index >= 15 is 0 Å². The smallest absolute Gasteiger partial charge is 0.225 e. The topological polar surface area (TPSA) is 54.9 Å². The second-order valence-electron chi connectivity index (χ2n) is 4.29. The second-order valence-corrected chi connectivity index (χ2v) is 4.68. The van der Waals surface area contributed by atoms with Gasteiger partial charge in [0.25, 0.3) is 0 Å². The third-order valence-corrected chi connectivity index (χ3v) is 2.84. The van der Waals surface area contributed by atoms with E-state index in [9.17, 15) is 4.79 Å². The van der Waals surface area contributed by atoms with Crippen molar-refractivity contribution in [1.29, 1.82) is 0 Å². The third-order valence-electron chi connectivity index (χ3n) is 2.65. The average Bonchev–Trinajstić information content (AvgIpc) is 2.36. The van der Waals surface area contributed by atoms with Crippen molar-refractivity contribution in [2.24, 2.45) is 0 Å². The summed E-state index contributed by atoms with van der Waals surface area (Å²) in [6, 6.07) is 0. The lowest BCUT2D eigenvalue weighted by Crippen LogP contribution is -2.12. The molecule has 0 fully saturated rings. The van der Waals surface area contributed by atoms with Gasteiger partial charge in [-0.1, -0.05) is 50.6 Å². The predicted molar refractivity (Wildman–Crippen MR) is 73.7 cm³/mol. The van der Waals surface area contributed by atoms with E-state index < -0.39 is 0 Å². The highest BCUT2D eigenvalue weighted by molar-refractivity contribution is 6.29. The molecular formula is C13H20ClN3O. The van der Waals surface area contributed by atoms with Crippen molar-refractivity contribution in [2.45, 2.75) is 51.9 Å². The van der Waals surface area contributed by atoms with Crippen LogP contribution in [0, 0.1) is 0 Å². The van der Waals surface area contributed by atoms with Gasteiger partial charge in [-0.3, -0.25) is 4.79 Å².